The molecule has 2 atom stereocenters. The molecule has 0 amide bonds. The van der Waals surface area contributed by atoms with Crippen molar-refractivity contribution in [2.24, 2.45) is 0 Å². The molecule has 0 aliphatic carbocycles. The average molecular weight is 264 g/mol. The second kappa shape index (κ2) is 7.01. The van der Waals surface area contributed by atoms with Crippen LogP contribution in [0.15, 0.2) is 24.3 Å². The van der Waals surface area contributed by atoms with Gasteiger partial charge in [-0.25, -0.2) is 4.39 Å². The lowest BCUT2D eigenvalue weighted by atomic mass is 10.0. The largest absolute Gasteiger partial charge is 0.310 e. The highest BCUT2D eigenvalue weighted by Gasteiger charge is 2.21. The summed E-state index contributed by atoms with van der Waals surface area (Å²) in [5.74, 6) is -0.160. The molecule has 1 aliphatic rings. The van der Waals surface area contributed by atoms with E-state index < -0.39 is 0 Å². The standard InChI is InChI=1S/C16H25FN2/c1-3-18-16(14-6-8-15(17)9-7-14)10-12-19-11-4-5-13(19)2/h6-9,13,16,18H,3-5,10-12H2,1-2H3. The van der Waals surface area contributed by atoms with Crippen LogP contribution in [0.5, 0.6) is 0 Å². The average Bonchev–Trinajstić information content (AvgIpc) is 2.81. The van der Waals surface area contributed by atoms with Crippen molar-refractivity contribution in [1.82, 2.24) is 10.2 Å². The Bertz CT molecular complexity index is 377. The maximum absolute atomic E-state index is 13.0. The maximum Gasteiger partial charge on any atom is 0.123 e. The van der Waals surface area contributed by atoms with Crippen LogP contribution in [0.2, 0.25) is 0 Å². The highest BCUT2D eigenvalue weighted by molar-refractivity contribution is 5.20. The van der Waals surface area contributed by atoms with Gasteiger partial charge in [0.2, 0.25) is 0 Å². The van der Waals surface area contributed by atoms with E-state index in [1.54, 1.807) is 12.1 Å². The zero-order valence-corrected chi connectivity index (χ0v) is 12.0. The van der Waals surface area contributed by atoms with Gasteiger partial charge in [0.15, 0.2) is 0 Å². The van der Waals surface area contributed by atoms with Crippen molar-refractivity contribution in [3.63, 3.8) is 0 Å². The maximum atomic E-state index is 13.0. The first-order chi connectivity index (χ1) is 9.20. The molecule has 0 bridgehead atoms. The fourth-order valence-corrected chi connectivity index (χ4v) is 2.95. The van der Waals surface area contributed by atoms with E-state index in [0.717, 1.165) is 25.6 Å². The zero-order chi connectivity index (χ0) is 13.7. The normalized spacial score (nSPS) is 21.7. The van der Waals surface area contributed by atoms with Crippen LogP contribution in [0.1, 0.15) is 44.7 Å². The lowest BCUT2D eigenvalue weighted by molar-refractivity contribution is 0.252. The molecule has 1 aliphatic heterocycles. The predicted octanol–water partition coefficient (Wildman–Crippen LogP) is 3.35. The number of nitrogens with zero attached hydrogens (tertiary/aromatic N) is 1. The van der Waals surface area contributed by atoms with Gasteiger partial charge in [-0.2, -0.15) is 0 Å². The molecule has 0 aromatic heterocycles. The van der Waals surface area contributed by atoms with Crippen molar-refractivity contribution in [2.75, 3.05) is 19.6 Å². The number of hydrogen-bond donors (Lipinski definition) is 1. The Morgan fingerprint density at radius 2 is 2.11 bits per heavy atom. The van der Waals surface area contributed by atoms with E-state index in [2.05, 4.69) is 24.1 Å². The number of hydrogen-bond acceptors (Lipinski definition) is 2. The molecule has 1 N–H and O–H groups in total. The van der Waals surface area contributed by atoms with Gasteiger partial charge >= 0.3 is 0 Å². The molecular formula is C16H25FN2. The van der Waals surface area contributed by atoms with Crippen molar-refractivity contribution in [3.8, 4) is 0 Å². The second-order valence-corrected chi connectivity index (χ2v) is 5.48. The summed E-state index contributed by atoms with van der Waals surface area (Å²) in [5, 5.41) is 3.51. The van der Waals surface area contributed by atoms with Crippen LogP contribution < -0.4 is 5.32 Å². The molecule has 1 fully saturated rings. The smallest absolute Gasteiger partial charge is 0.123 e. The van der Waals surface area contributed by atoms with Crippen molar-refractivity contribution < 1.29 is 4.39 Å². The molecule has 1 saturated heterocycles. The third kappa shape index (κ3) is 4.02. The highest BCUT2D eigenvalue weighted by Crippen LogP contribution is 2.21. The van der Waals surface area contributed by atoms with Gasteiger partial charge in [-0.1, -0.05) is 19.1 Å². The summed E-state index contributed by atoms with van der Waals surface area (Å²) < 4.78 is 13.0. The van der Waals surface area contributed by atoms with E-state index in [0.29, 0.717) is 6.04 Å². The fraction of sp³-hybridized carbons (Fsp3) is 0.625. The summed E-state index contributed by atoms with van der Waals surface area (Å²) in [4.78, 5) is 2.56. The van der Waals surface area contributed by atoms with Gasteiger partial charge in [0.05, 0.1) is 0 Å². The summed E-state index contributed by atoms with van der Waals surface area (Å²) in [6.07, 6.45) is 3.73. The number of benzene rings is 1. The second-order valence-electron chi connectivity index (χ2n) is 5.48. The minimum absolute atomic E-state index is 0.160. The van der Waals surface area contributed by atoms with E-state index >= 15 is 0 Å². The van der Waals surface area contributed by atoms with Gasteiger partial charge in [-0.05, 0) is 57.0 Å². The van der Waals surface area contributed by atoms with Gasteiger partial charge in [0.25, 0.3) is 0 Å². The Balaban J connectivity index is 1.93. The van der Waals surface area contributed by atoms with E-state index in [1.807, 2.05) is 12.1 Å². The van der Waals surface area contributed by atoms with Crippen molar-refractivity contribution in [2.45, 2.75) is 45.2 Å². The van der Waals surface area contributed by atoms with Crippen molar-refractivity contribution >= 4 is 0 Å². The van der Waals surface area contributed by atoms with Gasteiger partial charge < -0.3 is 10.2 Å². The molecule has 2 nitrogen and oxygen atoms in total. The number of halogens is 1. The van der Waals surface area contributed by atoms with Gasteiger partial charge in [-0.15, -0.1) is 0 Å². The van der Waals surface area contributed by atoms with Crippen LogP contribution in [0.25, 0.3) is 0 Å². The van der Waals surface area contributed by atoms with Gasteiger partial charge in [0.1, 0.15) is 5.82 Å². The molecule has 2 rings (SSSR count). The fourth-order valence-electron chi connectivity index (χ4n) is 2.95. The summed E-state index contributed by atoms with van der Waals surface area (Å²) in [6, 6.07) is 7.96. The molecule has 0 spiro atoms. The molecule has 1 heterocycles. The van der Waals surface area contributed by atoms with Crippen LogP contribution >= 0.6 is 0 Å². The molecule has 0 saturated carbocycles. The Hall–Kier alpha value is -0.930. The highest BCUT2D eigenvalue weighted by atomic mass is 19.1. The predicted molar refractivity (Wildman–Crippen MR) is 77.7 cm³/mol. The summed E-state index contributed by atoms with van der Waals surface area (Å²) in [5.41, 5.74) is 1.19. The lowest BCUT2D eigenvalue weighted by Gasteiger charge is -2.25. The Labute approximate surface area is 116 Å². The van der Waals surface area contributed by atoms with Crippen LogP contribution in [0.3, 0.4) is 0 Å². The molecule has 19 heavy (non-hydrogen) atoms. The lowest BCUT2D eigenvalue weighted by Crippen LogP contribution is -2.31. The number of nitrogens with one attached hydrogen (secondary N) is 1. The first-order valence-electron chi connectivity index (χ1n) is 7.43. The van der Waals surface area contributed by atoms with E-state index in [9.17, 15) is 4.39 Å². The topological polar surface area (TPSA) is 15.3 Å². The number of likely N-dealkylation sites (tertiary alicyclic amines) is 1. The summed E-state index contributed by atoms with van der Waals surface area (Å²) >= 11 is 0. The van der Waals surface area contributed by atoms with Crippen LogP contribution in [0.4, 0.5) is 4.39 Å². The van der Waals surface area contributed by atoms with E-state index in [-0.39, 0.29) is 5.82 Å². The van der Waals surface area contributed by atoms with Gasteiger partial charge in [0, 0.05) is 18.6 Å². The third-order valence-corrected chi connectivity index (χ3v) is 4.12. The summed E-state index contributed by atoms with van der Waals surface area (Å²) in [6.45, 7) is 7.72. The minimum Gasteiger partial charge on any atom is -0.310 e. The minimum atomic E-state index is -0.160. The van der Waals surface area contributed by atoms with Crippen LogP contribution in [0, 0.1) is 5.82 Å². The molecule has 2 unspecified atom stereocenters. The molecule has 3 heteroatoms. The molecule has 106 valence electrons. The third-order valence-electron chi connectivity index (χ3n) is 4.12. The summed E-state index contributed by atoms with van der Waals surface area (Å²) in [7, 11) is 0. The SMILES string of the molecule is CCNC(CCN1CCCC1C)c1ccc(F)cc1. The zero-order valence-electron chi connectivity index (χ0n) is 12.0. The first-order valence-corrected chi connectivity index (χ1v) is 7.43. The van der Waals surface area contributed by atoms with Crippen LogP contribution in [-0.2, 0) is 0 Å². The van der Waals surface area contributed by atoms with Crippen molar-refractivity contribution in [1.29, 1.82) is 0 Å². The first kappa shape index (κ1) is 14.5. The molecular weight excluding hydrogens is 239 g/mol. The van der Waals surface area contributed by atoms with Gasteiger partial charge in [-0.3, -0.25) is 0 Å². The Morgan fingerprint density at radius 3 is 2.68 bits per heavy atom. The van der Waals surface area contributed by atoms with Crippen molar-refractivity contribution in [3.05, 3.63) is 35.6 Å². The van der Waals surface area contributed by atoms with E-state index in [4.69, 9.17) is 0 Å². The monoisotopic (exact) mass is 264 g/mol. The Morgan fingerprint density at radius 1 is 1.37 bits per heavy atom. The molecule has 0 radical (unpaired) electrons. The molecule has 1 aromatic carbocycles. The number of rotatable bonds is 6. The van der Waals surface area contributed by atoms with Crippen LogP contribution in [-0.4, -0.2) is 30.6 Å². The van der Waals surface area contributed by atoms with E-state index in [1.165, 1.54) is 24.9 Å². The Kier molecular flexibility index (Phi) is 5.34. The quantitative estimate of drug-likeness (QED) is 0.847. The molecule has 1 aromatic rings.